The Balaban J connectivity index is 1.77. The molecule has 4 rings (SSSR count). The summed E-state index contributed by atoms with van der Waals surface area (Å²) in [6.45, 7) is 0. The molecule has 0 amide bonds. The Morgan fingerprint density at radius 3 is 2.76 bits per heavy atom. The predicted molar refractivity (Wildman–Crippen MR) is 101 cm³/mol. The van der Waals surface area contributed by atoms with Gasteiger partial charge in [0.15, 0.2) is 0 Å². The van der Waals surface area contributed by atoms with E-state index in [0.29, 0.717) is 0 Å². The van der Waals surface area contributed by atoms with Crippen molar-refractivity contribution in [1.29, 1.82) is 0 Å². The summed E-state index contributed by atoms with van der Waals surface area (Å²) in [5, 5.41) is 7.75. The lowest BCUT2D eigenvalue weighted by Gasteiger charge is -2.24. The van der Waals surface area contributed by atoms with Crippen LogP contribution in [0.2, 0.25) is 0 Å². The summed E-state index contributed by atoms with van der Waals surface area (Å²) in [7, 11) is 1.68. The molecule has 1 unspecified atom stereocenters. The van der Waals surface area contributed by atoms with Crippen LogP contribution in [0.1, 0.15) is 17.2 Å². The molecule has 1 atom stereocenters. The maximum atomic E-state index is 5.35. The first-order valence-corrected chi connectivity index (χ1v) is 9.17. The second kappa shape index (κ2) is 6.64. The van der Waals surface area contributed by atoms with Crippen LogP contribution in [0.15, 0.2) is 65.8 Å². The number of rotatable bonds is 4. The van der Waals surface area contributed by atoms with Gasteiger partial charge in [-0.15, -0.1) is 11.8 Å². The molecule has 0 bridgehead atoms. The second-order valence-electron chi connectivity index (χ2n) is 5.68. The lowest BCUT2D eigenvalue weighted by atomic mass is 10.0. The van der Waals surface area contributed by atoms with Crippen molar-refractivity contribution in [2.45, 2.75) is 10.9 Å². The van der Waals surface area contributed by atoms with Crippen LogP contribution in [0.25, 0.3) is 5.70 Å². The number of nitrogens with zero attached hydrogens (tertiary/aromatic N) is 3. The number of methoxy groups -OCH3 is 1. The van der Waals surface area contributed by atoms with Gasteiger partial charge < -0.3 is 10.1 Å². The molecule has 2 heterocycles. The zero-order valence-corrected chi connectivity index (χ0v) is 14.8. The normalized spacial score (nSPS) is 15.9. The van der Waals surface area contributed by atoms with Crippen molar-refractivity contribution in [3.8, 4) is 5.75 Å². The van der Waals surface area contributed by atoms with Crippen molar-refractivity contribution in [3.05, 3.63) is 72.1 Å². The molecule has 1 aliphatic heterocycles. The van der Waals surface area contributed by atoms with Gasteiger partial charge in [0.1, 0.15) is 18.1 Å². The van der Waals surface area contributed by atoms with E-state index < -0.39 is 0 Å². The van der Waals surface area contributed by atoms with Crippen LogP contribution in [-0.2, 0) is 0 Å². The Morgan fingerprint density at radius 1 is 1.16 bits per heavy atom. The topological polar surface area (TPSA) is 52.0 Å². The Bertz CT molecular complexity index is 917. The molecule has 6 heteroatoms. The smallest absolute Gasteiger partial charge is 0.226 e. The summed E-state index contributed by atoms with van der Waals surface area (Å²) in [5.41, 5.74) is 3.23. The van der Waals surface area contributed by atoms with E-state index in [1.165, 1.54) is 10.5 Å². The van der Waals surface area contributed by atoms with Gasteiger partial charge in [-0.2, -0.15) is 10.1 Å². The fourth-order valence-electron chi connectivity index (χ4n) is 2.93. The molecule has 0 radical (unpaired) electrons. The van der Waals surface area contributed by atoms with Crippen molar-refractivity contribution < 1.29 is 4.74 Å². The lowest BCUT2D eigenvalue weighted by molar-refractivity contribution is 0.414. The molecule has 126 valence electrons. The third kappa shape index (κ3) is 3.00. The predicted octanol–water partition coefficient (Wildman–Crippen LogP) is 4.06. The molecule has 25 heavy (non-hydrogen) atoms. The molecule has 0 aliphatic carbocycles. The average Bonchev–Trinajstić information content (AvgIpc) is 3.16. The molecule has 1 aliphatic rings. The van der Waals surface area contributed by atoms with Crippen LogP contribution in [0.5, 0.6) is 5.75 Å². The van der Waals surface area contributed by atoms with Crippen LogP contribution in [0.4, 0.5) is 5.95 Å². The molecule has 0 saturated heterocycles. The first-order valence-electron chi connectivity index (χ1n) is 7.95. The minimum absolute atomic E-state index is 0.00384. The van der Waals surface area contributed by atoms with Gasteiger partial charge in [0.05, 0.1) is 7.11 Å². The van der Waals surface area contributed by atoms with E-state index in [9.17, 15) is 0 Å². The number of ether oxygens (including phenoxy) is 1. The SMILES string of the molecule is COc1cccc(C2=CC(c3ccc(SC)cc3)n3ncnc3N2)c1. The van der Waals surface area contributed by atoms with Gasteiger partial charge in [0.25, 0.3) is 0 Å². The number of allylic oxidation sites excluding steroid dienone is 1. The third-order valence-corrected chi connectivity index (χ3v) is 4.99. The highest BCUT2D eigenvalue weighted by atomic mass is 32.2. The van der Waals surface area contributed by atoms with Crippen molar-refractivity contribution in [2.75, 3.05) is 18.7 Å². The van der Waals surface area contributed by atoms with Crippen LogP contribution in [0.3, 0.4) is 0 Å². The van der Waals surface area contributed by atoms with E-state index in [2.05, 4.69) is 58.1 Å². The molecule has 0 saturated carbocycles. The Morgan fingerprint density at radius 2 is 2.00 bits per heavy atom. The van der Waals surface area contributed by atoms with Crippen LogP contribution < -0.4 is 10.1 Å². The fraction of sp³-hybridized carbons (Fsp3) is 0.158. The average molecular weight is 350 g/mol. The third-order valence-electron chi connectivity index (χ3n) is 4.25. The molecule has 3 aromatic rings. The summed E-state index contributed by atoms with van der Waals surface area (Å²) in [6.07, 6.45) is 5.83. The summed E-state index contributed by atoms with van der Waals surface area (Å²) >= 11 is 1.74. The van der Waals surface area contributed by atoms with Gasteiger partial charge in [-0.1, -0.05) is 24.3 Å². The molecular weight excluding hydrogens is 332 g/mol. The summed E-state index contributed by atoms with van der Waals surface area (Å²) in [4.78, 5) is 5.59. The van der Waals surface area contributed by atoms with E-state index in [4.69, 9.17) is 4.74 Å². The van der Waals surface area contributed by atoms with Crippen molar-refractivity contribution in [1.82, 2.24) is 14.8 Å². The number of hydrogen-bond donors (Lipinski definition) is 1. The number of hydrogen-bond acceptors (Lipinski definition) is 5. The first-order chi connectivity index (χ1) is 12.3. The van der Waals surface area contributed by atoms with Gasteiger partial charge in [0.2, 0.25) is 5.95 Å². The number of benzene rings is 2. The van der Waals surface area contributed by atoms with Crippen LogP contribution in [-0.4, -0.2) is 28.1 Å². The highest BCUT2D eigenvalue weighted by Crippen LogP contribution is 2.33. The van der Waals surface area contributed by atoms with Gasteiger partial charge in [-0.05, 0) is 42.2 Å². The summed E-state index contributed by atoms with van der Waals surface area (Å²) in [5.74, 6) is 1.56. The van der Waals surface area contributed by atoms with Gasteiger partial charge in [0, 0.05) is 16.2 Å². The van der Waals surface area contributed by atoms with Crippen molar-refractivity contribution >= 4 is 23.4 Å². The lowest BCUT2D eigenvalue weighted by Crippen LogP contribution is -2.20. The fourth-order valence-corrected chi connectivity index (χ4v) is 3.34. The number of nitrogens with one attached hydrogen (secondary N) is 1. The number of thioether (sulfide) groups is 1. The van der Waals surface area contributed by atoms with Gasteiger partial charge in [-0.25, -0.2) is 4.68 Å². The number of anilines is 1. The molecule has 1 N–H and O–H groups in total. The maximum Gasteiger partial charge on any atom is 0.226 e. The Kier molecular flexibility index (Phi) is 4.19. The monoisotopic (exact) mass is 350 g/mol. The maximum absolute atomic E-state index is 5.35. The standard InChI is InChI=1S/C19H18N4OS/c1-24-15-5-3-4-14(10-15)17-11-18(23-19(22-17)20-12-21-23)13-6-8-16(25-2)9-7-13/h3-12,18H,1-2H3,(H,20,21,22). The molecule has 0 fully saturated rings. The second-order valence-corrected chi connectivity index (χ2v) is 6.56. The van der Waals surface area contributed by atoms with Gasteiger partial charge in [-0.3, -0.25) is 0 Å². The molecule has 5 nitrogen and oxygen atoms in total. The summed E-state index contributed by atoms with van der Waals surface area (Å²) in [6, 6.07) is 16.6. The Hall–Kier alpha value is -2.73. The first kappa shape index (κ1) is 15.8. The largest absolute Gasteiger partial charge is 0.497 e. The molecular formula is C19H18N4OS. The minimum Gasteiger partial charge on any atom is -0.497 e. The zero-order chi connectivity index (χ0) is 17.2. The van der Waals surface area contributed by atoms with E-state index in [-0.39, 0.29) is 6.04 Å². The van der Waals surface area contributed by atoms with E-state index in [1.54, 1.807) is 25.2 Å². The number of aromatic nitrogens is 3. The minimum atomic E-state index is -0.00384. The molecule has 2 aromatic carbocycles. The van der Waals surface area contributed by atoms with Crippen molar-refractivity contribution in [3.63, 3.8) is 0 Å². The number of fused-ring (bicyclic) bond motifs is 1. The highest BCUT2D eigenvalue weighted by molar-refractivity contribution is 7.98. The quantitative estimate of drug-likeness (QED) is 0.719. The van der Waals surface area contributed by atoms with Gasteiger partial charge >= 0.3 is 0 Å². The Labute approximate surface area is 150 Å². The van der Waals surface area contributed by atoms with Crippen LogP contribution >= 0.6 is 11.8 Å². The molecule has 1 aromatic heterocycles. The van der Waals surface area contributed by atoms with E-state index in [1.807, 2.05) is 22.9 Å². The summed E-state index contributed by atoms with van der Waals surface area (Å²) < 4.78 is 7.25. The molecule has 0 spiro atoms. The van der Waals surface area contributed by atoms with E-state index >= 15 is 0 Å². The van der Waals surface area contributed by atoms with Crippen LogP contribution in [0, 0.1) is 0 Å². The van der Waals surface area contributed by atoms with E-state index in [0.717, 1.165) is 23.0 Å². The zero-order valence-electron chi connectivity index (χ0n) is 14.0. The van der Waals surface area contributed by atoms with Crippen molar-refractivity contribution in [2.24, 2.45) is 0 Å². The highest BCUT2D eigenvalue weighted by Gasteiger charge is 2.23.